The van der Waals surface area contributed by atoms with Crippen molar-refractivity contribution < 1.29 is 9.90 Å². The molecule has 0 aliphatic rings. The number of H-pyrrole nitrogens is 2. The van der Waals surface area contributed by atoms with Crippen molar-refractivity contribution in [1.82, 2.24) is 9.97 Å². The third-order valence-corrected chi connectivity index (χ3v) is 3.37. The van der Waals surface area contributed by atoms with Gasteiger partial charge in [-0.1, -0.05) is 25.1 Å². The third-order valence-electron chi connectivity index (χ3n) is 3.37. The fourth-order valence-electron chi connectivity index (χ4n) is 2.42. The lowest BCUT2D eigenvalue weighted by molar-refractivity contribution is 0.0690. The number of hydrogen-bond acceptors (Lipinski definition) is 1. The molecule has 0 atom stereocenters. The molecule has 3 aromatic rings. The number of hydrogen-bond donors (Lipinski definition) is 3. The van der Waals surface area contributed by atoms with Crippen LogP contribution in [0.1, 0.15) is 23.0 Å². The molecule has 3 rings (SSSR count). The fourth-order valence-corrected chi connectivity index (χ4v) is 2.42. The van der Waals surface area contributed by atoms with Gasteiger partial charge in [0, 0.05) is 22.8 Å². The normalized spacial score (nSPS) is 11.0. The van der Waals surface area contributed by atoms with E-state index in [0.29, 0.717) is 6.42 Å². The first-order chi connectivity index (χ1) is 9.20. The van der Waals surface area contributed by atoms with Gasteiger partial charge in [0.15, 0.2) is 0 Å². The molecule has 0 bridgehead atoms. The van der Waals surface area contributed by atoms with Gasteiger partial charge in [-0.2, -0.15) is 0 Å². The van der Waals surface area contributed by atoms with E-state index in [1.807, 2.05) is 43.5 Å². The molecule has 19 heavy (non-hydrogen) atoms. The van der Waals surface area contributed by atoms with Crippen LogP contribution >= 0.6 is 0 Å². The minimum atomic E-state index is -0.915. The van der Waals surface area contributed by atoms with Crippen molar-refractivity contribution in [2.24, 2.45) is 0 Å². The Kier molecular flexibility index (Phi) is 2.63. The Bertz CT molecular complexity index is 752. The van der Waals surface area contributed by atoms with Crippen LogP contribution in [-0.2, 0) is 6.42 Å². The Hall–Kier alpha value is -2.49. The maximum atomic E-state index is 11.2. The number of benzene rings is 1. The molecule has 0 fully saturated rings. The van der Waals surface area contributed by atoms with Crippen molar-refractivity contribution in [1.29, 1.82) is 0 Å². The summed E-state index contributed by atoms with van der Waals surface area (Å²) in [5, 5.41) is 10.3. The van der Waals surface area contributed by atoms with Gasteiger partial charge in [-0.3, -0.25) is 0 Å². The molecule has 0 saturated heterocycles. The molecule has 0 aliphatic carbocycles. The van der Waals surface area contributed by atoms with E-state index in [2.05, 4.69) is 9.97 Å². The largest absolute Gasteiger partial charge is 0.477 e. The Morgan fingerprint density at radius 3 is 2.84 bits per heavy atom. The standard InChI is InChI=1S/C15H14N2O2/c1-2-9-8-12(17-14(9)15(18)19)11-5-3-4-10-6-7-16-13(10)11/h3-8,16-17H,2H2,1H3,(H,18,19). The van der Waals surface area contributed by atoms with E-state index in [4.69, 9.17) is 0 Å². The Balaban J connectivity index is 2.22. The summed E-state index contributed by atoms with van der Waals surface area (Å²) in [4.78, 5) is 17.4. The predicted molar refractivity (Wildman–Crippen MR) is 74.4 cm³/mol. The van der Waals surface area contributed by atoms with Gasteiger partial charge in [0.2, 0.25) is 0 Å². The Labute approximate surface area is 110 Å². The van der Waals surface area contributed by atoms with Crippen LogP contribution in [-0.4, -0.2) is 21.0 Å². The van der Waals surface area contributed by atoms with E-state index in [1.165, 1.54) is 0 Å². The molecule has 0 amide bonds. The second-order valence-electron chi connectivity index (χ2n) is 4.49. The number of aromatic carboxylic acids is 1. The Morgan fingerprint density at radius 1 is 1.32 bits per heavy atom. The van der Waals surface area contributed by atoms with Gasteiger partial charge in [-0.15, -0.1) is 0 Å². The lowest BCUT2D eigenvalue weighted by atomic mass is 10.1. The molecule has 0 spiro atoms. The number of carbonyl (C=O) groups is 1. The summed E-state index contributed by atoms with van der Waals surface area (Å²) in [5.41, 5.74) is 3.95. The van der Waals surface area contributed by atoms with E-state index in [-0.39, 0.29) is 5.69 Å². The summed E-state index contributed by atoms with van der Waals surface area (Å²) in [6.45, 7) is 1.95. The number of aromatic nitrogens is 2. The average molecular weight is 254 g/mol. The van der Waals surface area contributed by atoms with Gasteiger partial charge < -0.3 is 15.1 Å². The van der Waals surface area contributed by atoms with Gasteiger partial charge >= 0.3 is 5.97 Å². The highest BCUT2D eigenvalue weighted by molar-refractivity contribution is 5.95. The van der Waals surface area contributed by atoms with E-state index in [1.54, 1.807) is 0 Å². The first-order valence-corrected chi connectivity index (χ1v) is 6.22. The average Bonchev–Trinajstić information content (AvgIpc) is 3.04. The van der Waals surface area contributed by atoms with Crippen LogP contribution in [0.25, 0.3) is 22.2 Å². The van der Waals surface area contributed by atoms with Gasteiger partial charge in [-0.25, -0.2) is 4.79 Å². The van der Waals surface area contributed by atoms with E-state index < -0.39 is 5.97 Å². The number of aromatic amines is 2. The van der Waals surface area contributed by atoms with Crippen LogP contribution in [0.2, 0.25) is 0 Å². The summed E-state index contributed by atoms with van der Waals surface area (Å²) in [6.07, 6.45) is 2.58. The molecule has 1 aromatic carbocycles. The maximum Gasteiger partial charge on any atom is 0.352 e. The molecular formula is C15H14N2O2. The first kappa shape index (κ1) is 11.6. The van der Waals surface area contributed by atoms with Crippen molar-refractivity contribution in [3.63, 3.8) is 0 Å². The molecule has 2 aromatic heterocycles. The van der Waals surface area contributed by atoms with E-state index in [0.717, 1.165) is 27.7 Å². The van der Waals surface area contributed by atoms with Crippen molar-refractivity contribution >= 4 is 16.9 Å². The molecular weight excluding hydrogens is 240 g/mol. The lowest BCUT2D eigenvalue weighted by Crippen LogP contribution is -2.00. The molecule has 0 unspecified atom stereocenters. The summed E-state index contributed by atoms with van der Waals surface area (Å²) >= 11 is 0. The number of fused-ring (bicyclic) bond motifs is 1. The zero-order valence-electron chi connectivity index (χ0n) is 10.5. The summed E-state index contributed by atoms with van der Waals surface area (Å²) in [6, 6.07) is 9.89. The molecule has 0 saturated carbocycles. The van der Waals surface area contributed by atoms with Crippen LogP contribution in [0.3, 0.4) is 0 Å². The fraction of sp³-hybridized carbons (Fsp3) is 0.133. The number of carboxylic acids is 1. The SMILES string of the molecule is CCc1cc(-c2cccc3cc[nH]c23)[nH]c1C(=O)O. The van der Waals surface area contributed by atoms with Crippen molar-refractivity contribution in [3.8, 4) is 11.3 Å². The second kappa shape index (κ2) is 4.31. The van der Waals surface area contributed by atoms with Gasteiger partial charge in [0.25, 0.3) is 0 Å². The summed E-state index contributed by atoms with van der Waals surface area (Å²) in [5.74, 6) is -0.915. The van der Waals surface area contributed by atoms with Crippen LogP contribution in [0.15, 0.2) is 36.5 Å². The highest BCUT2D eigenvalue weighted by atomic mass is 16.4. The highest BCUT2D eigenvalue weighted by Crippen LogP contribution is 2.28. The number of aryl methyl sites for hydroxylation is 1. The molecule has 2 heterocycles. The van der Waals surface area contributed by atoms with Crippen LogP contribution in [0.4, 0.5) is 0 Å². The third kappa shape index (κ3) is 1.81. The van der Waals surface area contributed by atoms with E-state index in [9.17, 15) is 9.90 Å². The topological polar surface area (TPSA) is 68.9 Å². The van der Waals surface area contributed by atoms with Gasteiger partial charge in [0.1, 0.15) is 5.69 Å². The molecule has 0 aliphatic heterocycles. The summed E-state index contributed by atoms with van der Waals surface area (Å²) < 4.78 is 0. The molecule has 0 radical (unpaired) electrons. The molecule has 4 nitrogen and oxygen atoms in total. The van der Waals surface area contributed by atoms with Gasteiger partial charge in [0.05, 0.1) is 5.52 Å². The van der Waals surface area contributed by atoms with Crippen molar-refractivity contribution in [2.75, 3.05) is 0 Å². The van der Waals surface area contributed by atoms with Crippen LogP contribution < -0.4 is 0 Å². The number of nitrogens with one attached hydrogen (secondary N) is 2. The highest BCUT2D eigenvalue weighted by Gasteiger charge is 2.15. The molecule has 4 heteroatoms. The first-order valence-electron chi connectivity index (χ1n) is 6.22. The van der Waals surface area contributed by atoms with Gasteiger partial charge in [-0.05, 0) is 24.1 Å². The van der Waals surface area contributed by atoms with Crippen LogP contribution in [0, 0.1) is 0 Å². The zero-order chi connectivity index (χ0) is 13.4. The number of para-hydroxylation sites is 1. The van der Waals surface area contributed by atoms with Crippen molar-refractivity contribution in [2.45, 2.75) is 13.3 Å². The smallest absolute Gasteiger partial charge is 0.352 e. The zero-order valence-corrected chi connectivity index (χ0v) is 10.5. The number of carboxylic acid groups (broad SMARTS) is 1. The Morgan fingerprint density at radius 2 is 2.16 bits per heavy atom. The lowest BCUT2D eigenvalue weighted by Gasteiger charge is -2.00. The summed E-state index contributed by atoms with van der Waals surface area (Å²) in [7, 11) is 0. The quantitative estimate of drug-likeness (QED) is 0.670. The van der Waals surface area contributed by atoms with Crippen LogP contribution in [0.5, 0.6) is 0 Å². The van der Waals surface area contributed by atoms with E-state index >= 15 is 0 Å². The minimum absolute atomic E-state index is 0.279. The monoisotopic (exact) mass is 254 g/mol. The van der Waals surface area contributed by atoms with Crippen molar-refractivity contribution in [3.05, 3.63) is 47.8 Å². The minimum Gasteiger partial charge on any atom is -0.477 e. The maximum absolute atomic E-state index is 11.2. The second-order valence-corrected chi connectivity index (χ2v) is 4.49. The predicted octanol–water partition coefficient (Wildman–Crippen LogP) is 3.42. The number of rotatable bonds is 3. The molecule has 96 valence electrons. The molecule has 3 N–H and O–H groups in total.